The maximum absolute atomic E-state index is 11.1. The van der Waals surface area contributed by atoms with Crippen LogP contribution in [0.25, 0.3) is 0 Å². The molecule has 4 heteroatoms. The van der Waals surface area contributed by atoms with Crippen molar-refractivity contribution in [3.05, 3.63) is 0 Å². The fourth-order valence-corrected chi connectivity index (χ4v) is 1.34. The number of hydrogen-bond donors (Lipinski definition) is 2. The highest BCUT2D eigenvalue weighted by Gasteiger charge is 2.25. The van der Waals surface area contributed by atoms with E-state index in [0.717, 1.165) is 0 Å². The third kappa shape index (κ3) is 4.51. The summed E-state index contributed by atoms with van der Waals surface area (Å²) in [5.41, 5.74) is -0.641. The molecule has 0 fully saturated rings. The standard InChI is InChI=1S/C10H15NO3/c1-5-8(12)7(2)6-10(3,4)11-9(13)14/h1,7,11H,6H2,2-4H3,(H,13,14)/t7-/m1/s1. The molecule has 2 N–H and O–H groups in total. The Bertz CT molecular complexity index is 276. The van der Waals surface area contributed by atoms with E-state index in [-0.39, 0.29) is 11.7 Å². The topological polar surface area (TPSA) is 66.4 Å². The minimum atomic E-state index is -1.10. The average molecular weight is 197 g/mol. The van der Waals surface area contributed by atoms with Gasteiger partial charge in [-0.1, -0.05) is 6.92 Å². The van der Waals surface area contributed by atoms with Crippen molar-refractivity contribution in [1.29, 1.82) is 0 Å². The van der Waals surface area contributed by atoms with Crippen LogP contribution in [0.3, 0.4) is 0 Å². The molecule has 0 rings (SSSR count). The second-order valence-corrected chi connectivity index (χ2v) is 3.93. The molecule has 0 spiro atoms. The third-order valence-electron chi connectivity index (χ3n) is 1.85. The van der Waals surface area contributed by atoms with Gasteiger partial charge in [0.15, 0.2) is 0 Å². The first-order chi connectivity index (χ1) is 6.28. The van der Waals surface area contributed by atoms with E-state index < -0.39 is 11.6 Å². The van der Waals surface area contributed by atoms with Gasteiger partial charge >= 0.3 is 6.09 Å². The molecule has 0 bridgehead atoms. The van der Waals surface area contributed by atoms with Gasteiger partial charge in [-0.15, -0.1) is 6.42 Å². The van der Waals surface area contributed by atoms with Crippen molar-refractivity contribution >= 4 is 11.9 Å². The number of carbonyl (C=O) groups is 2. The molecule has 14 heavy (non-hydrogen) atoms. The van der Waals surface area contributed by atoms with Crippen LogP contribution in [0.1, 0.15) is 27.2 Å². The number of ketones is 1. The lowest BCUT2D eigenvalue weighted by Crippen LogP contribution is -2.44. The summed E-state index contributed by atoms with van der Waals surface area (Å²) in [7, 11) is 0. The SMILES string of the molecule is C#CC(=O)[C@H](C)CC(C)(C)NC(=O)O. The molecule has 0 aliphatic carbocycles. The number of carboxylic acid groups (broad SMARTS) is 1. The maximum atomic E-state index is 11.1. The number of terminal acetylenes is 1. The van der Waals surface area contributed by atoms with Crippen LogP contribution in [-0.2, 0) is 4.79 Å². The summed E-state index contributed by atoms with van der Waals surface area (Å²) >= 11 is 0. The number of hydrogen-bond acceptors (Lipinski definition) is 2. The van der Waals surface area contributed by atoms with Gasteiger partial charge in [0.1, 0.15) is 0 Å². The van der Waals surface area contributed by atoms with Crippen LogP contribution < -0.4 is 5.32 Å². The molecule has 0 radical (unpaired) electrons. The lowest BCUT2D eigenvalue weighted by atomic mass is 9.89. The van der Waals surface area contributed by atoms with Gasteiger partial charge in [0.2, 0.25) is 5.78 Å². The molecule has 0 aromatic heterocycles. The Morgan fingerprint density at radius 3 is 2.43 bits per heavy atom. The Balaban J connectivity index is 4.29. The van der Waals surface area contributed by atoms with Crippen molar-refractivity contribution in [2.24, 2.45) is 5.92 Å². The summed E-state index contributed by atoms with van der Waals surface area (Å²) < 4.78 is 0. The number of amides is 1. The predicted octanol–water partition coefficient (Wildman–Crippen LogP) is 1.26. The van der Waals surface area contributed by atoms with Crippen LogP contribution >= 0.6 is 0 Å². The lowest BCUT2D eigenvalue weighted by molar-refractivity contribution is -0.117. The zero-order valence-corrected chi connectivity index (χ0v) is 8.63. The van der Waals surface area contributed by atoms with Crippen LogP contribution in [0.4, 0.5) is 4.79 Å². The molecule has 0 aromatic carbocycles. The Morgan fingerprint density at radius 2 is 2.07 bits per heavy atom. The Morgan fingerprint density at radius 1 is 1.57 bits per heavy atom. The Hall–Kier alpha value is -1.50. The molecule has 0 aromatic rings. The first kappa shape index (κ1) is 12.5. The van der Waals surface area contributed by atoms with E-state index >= 15 is 0 Å². The van der Waals surface area contributed by atoms with Gasteiger partial charge in [-0.25, -0.2) is 4.79 Å². The summed E-state index contributed by atoms with van der Waals surface area (Å²) in [6.07, 6.45) is 4.25. The van der Waals surface area contributed by atoms with E-state index in [9.17, 15) is 9.59 Å². The normalized spacial score (nSPS) is 12.7. The van der Waals surface area contributed by atoms with E-state index in [4.69, 9.17) is 11.5 Å². The second-order valence-electron chi connectivity index (χ2n) is 3.93. The number of nitrogens with one attached hydrogen (secondary N) is 1. The smallest absolute Gasteiger partial charge is 0.405 e. The predicted molar refractivity (Wildman–Crippen MR) is 52.9 cm³/mol. The van der Waals surface area contributed by atoms with Crippen LogP contribution in [0.2, 0.25) is 0 Å². The largest absolute Gasteiger partial charge is 0.465 e. The molecule has 4 nitrogen and oxygen atoms in total. The molecular weight excluding hydrogens is 182 g/mol. The fraction of sp³-hybridized carbons (Fsp3) is 0.600. The average Bonchev–Trinajstić information content (AvgIpc) is 1.99. The second kappa shape index (κ2) is 4.66. The first-order valence-corrected chi connectivity index (χ1v) is 4.30. The highest BCUT2D eigenvalue weighted by atomic mass is 16.4. The monoisotopic (exact) mass is 197 g/mol. The van der Waals surface area contributed by atoms with Crippen molar-refractivity contribution < 1.29 is 14.7 Å². The van der Waals surface area contributed by atoms with Gasteiger partial charge in [0, 0.05) is 11.5 Å². The number of rotatable bonds is 4. The number of carbonyl (C=O) groups excluding carboxylic acids is 1. The van der Waals surface area contributed by atoms with E-state index in [1.807, 2.05) is 5.92 Å². The summed E-state index contributed by atoms with van der Waals surface area (Å²) in [6.45, 7) is 5.11. The quantitative estimate of drug-likeness (QED) is 0.526. The van der Waals surface area contributed by atoms with Crippen molar-refractivity contribution in [2.75, 3.05) is 0 Å². The van der Waals surface area contributed by atoms with Crippen molar-refractivity contribution in [3.8, 4) is 12.3 Å². The van der Waals surface area contributed by atoms with Crippen LogP contribution in [0.5, 0.6) is 0 Å². The zero-order valence-electron chi connectivity index (χ0n) is 8.63. The molecule has 0 saturated carbocycles. The van der Waals surface area contributed by atoms with Gasteiger partial charge in [0.05, 0.1) is 0 Å². The molecule has 0 saturated heterocycles. The molecule has 0 unspecified atom stereocenters. The van der Waals surface area contributed by atoms with Gasteiger partial charge in [-0.3, -0.25) is 4.79 Å². The zero-order chi connectivity index (χ0) is 11.4. The summed E-state index contributed by atoms with van der Waals surface area (Å²) in [5, 5.41) is 10.8. The molecule has 1 atom stereocenters. The van der Waals surface area contributed by atoms with Gasteiger partial charge < -0.3 is 10.4 Å². The summed E-state index contributed by atoms with van der Waals surface area (Å²) in [6, 6.07) is 0. The summed E-state index contributed by atoms with van der Waals surface area (Å²) in [5.74, 6) is 1.39. The minimum Gasteiger partial charge on any atom is -0.465 e. The van der Waals surface area contributed by atoms with E-state index in [0.29, 0.717) is 6.42 Å². The van der Waals surface area contributed by atoms with Crippen LogP contribution in [0.15, 0.2) is 0 Å². The highest BCUT2D eigenvalue weighted by Crippen LogP contribution is 2.16. The molecule has 0 aliphatic heterocycles. The molecule has 1 amide bonds. The van der Waals surface area contributed by atoms with Gasteiger partial charge in [0.25, 0.3) is 0 Å². The molecule has 78 valence electrons. The number of Topliss-reactive ketones (excluding diaryl/α,β-unsaturated/α-hetero) is 1. The van der Waals surface area contributed by atoms with Crippen molar-refractivity contribution in [2.45, 2.75) is 32.7 Å². The highest BCUT2D eigenvalue weighted by molar-refractivity contribution is 5.96. The Kier molecular flexibility index (Phi) is 4.16. The van der Waals surface area contributed by atoms with E-state index in [1.165, 1.54) is 0 Å². The van der Waals surface area contributed by atoms with E-state index in [1.54, 1.807) is 20.8 Å². The van der Waals surface area contributed by atoms with Crippen LogP contribution in [-0.4, -0.2) is 22.5 Å². The minimum absolute atomic E-state index is 0.301. The van der Waals surface area contributed by atoms with Gasteiger partial charge in [-0.05, 0) is 26.2 Å². The maximum Gasteiger partial charge on any atom is 0.405 e. The van der Waals surface area contributed by atoms with E-state index in [2.05, 4.69) is 5.32 Å². The molecule has 0 heterocycles. The third-order valence-corrected chi connectivity index (χ3v) is 1.85. The lowest BCUT2D eigenvalue weighted by Gasteiger charge is -2.26. The fourth-order valence-electron chi connectivity index (χ4n) is 1.34. The first-order valence-electron chi connectivity index (χ1n) is 4.30. The molecule has 0 aliphatic rings. The van der Waals surface area contributed by atoms with Crippen molar-refractivity contribution in [3.63, 3.8) is 0 Å². The molecular formula is C10H15NO3. The van der Waals surface area contributed by atoms with Crippen LogP contribution in [0, 0.1) is 18.3 Å². The summed E-state index contributed by atoms with van der Waals surface area (Å²) in [4.78, 5) is 21.5. The Labute approximate surface area is 83.7 Å². The van der Waals surface area contributed by atoms with Gasteiger partial charge in [-0.2, -0.15) is 0 Å². The van der Waals surface area contributed by atoms with Crippen molar-refractivity contribution in [1.82, 2.24) is 5.32 Å².